The molecule has 0 unspecified atom stereocenters. The van der Waals surface area contributed by atoms with Crippen molar-refractivity contribution < 1.29 is 0 Å². The van der Waals surface area contributed by atoms with Gasteiger partial charge in [-0.3, -0.25) is 0 Å². The van der Waals surface area contributed by atoms with Crippen molar-refractivity contribution in [2.45, 2.75) is 0 Å². The Morgan fingerprint density at radius 2 is 1.76 bits per heavy atom. The Bertz CT molecular complexity index is 711. The van der Waals surface area contributed by atoms with Crippen molar-refractivity contribution in [3.05, 3.63) is 63.6 Å². The summed E-state index contributed by atoms with van der Waals surface area (Å²) >= 11 is 12.1. The van der Waals surface area contributed by atoms with E-state index in [1.165, 1.54) is 0 Å². The minimum atomic E-state index is 0.547. The van der Waals surface area contributed by atoms with Gasteiger partial charge in [0.1, 0.15) is 0 Å². The van der Waals surface area contributed by atoms with Crippen LogP contribution in [-0.2, 0) is 0 Å². The average molecular weight is 317 g/mol. The molecule has 2 nitrogen and oxygen atoms in total. The van der Waals surface area contributed by atoms with Crippen molar-refractivity contribution in [1.29, 1.82) is 5.26 Å². The van der Waals surface area contributed by atoms with Crippen molar-refractivity contribution >= 4 is 40.5 Å². The van der Waals surface area contributed by atoms with E-state index in [-0.39, 0.29) is 0 Å². The minimum absolute atomic E-state index is 0.547. The molecule has 0 N–H and O–H groups in total. The normalized spacial score (nSPS) is 11.1. The summed E-state index contributed by atoms with van der Waals surface area (Å²) in [6, 6.07) is 15.1. The van der Waals surface area contributed by atoms with E-state index in [1.54, 1.807) is 18.2 Å². The molecule has 0 aromatic heterocycles. The molecular formula is C17H14Cl2N2. The van der Waals surface area contributed by atoms with E-state index >= 15 is 0 Å². The number of nitrogens with zero attached hydrogens (tertiary/aromatic N) is 2. The molecule has 0 saturated heterocycles. The summed E-state index contributed by atoms with van der Waals surface area (Å²) in [5.41, 5.74) is 3.19. The van der Waals surface area contributed by atoms with Gasteiger partial charge in [0.25, 0.3) is 0 Å². The van der Waals surface area contributed by atoms with Gasteiger partial charge in [0.2, 0.25) is 0 Å². The molecule has 0 saturated carbocycles. The zero-order valence-electron chi connectivity index (χ0n) is 11.8. The molecule has 0 aliphatic rings. The van der Waals surface area contributed by atoms with Crippen molar-refractivity contribution in [3.63, 3.8) is 0 Å². The van der Waals surface area contributed by atoms with Gasteiger partial charge >= 0.3 is 0 Å². The topological polar surface area (TPSA) is 27.0 Å². The Balaban J connectivity index is 2.41. The van der Waals surface area contributed by atoms with E-state index < -0.39 is 0 Å². The van der Waals surface area contributed by atoms with Crippen molar-refractivity contribution in [2.75, 3.05) is 19.0 Å². The van der Waals surface area contributed by atoms with Crippen LogP contribution in [0.15, 0.2) is 42.5 Å². The lowest BCUT2D eigenvalue weighted by Crippen LogP contribution is -2.08. The van der Waals surface area contributed by atoms with Crippen LogP contribution in [0.2, 0.25) is 10.0 Å². The molecule has 2 aromatic carbocycles. The molecule has 0 aliphatic carbocycles. The first-order valence-electron chi connectivity index (χ1n) is 6.36. The summed E-state index contributed by atoms with van der Waals surface area (Å²) in [6.45, 7) is 0. The van der Waals surface area contributed by atoms with Crippen LogP contribution in [0.5, 0.6) is 0 Å². The Labute approximate surface area is 134 Å². The lowest BCUT2D eigenvalue weighted by atomic mass is 10.0. The zero-order valence-corrected chi connectivity index (χ0v) is 13.3. The third-order valence-corrected chi connectivity index (χ3v) is 3.66. The van der Waals surface area contributed by atoms with Gasteiger partial charge in [-0.2, -0.15) is 5.26 Å². The van der Waals surface area contributed by atoms with E-state index in [1.807, 2.05) is 49.3 Å². The van der Waals surface area contributed by atoms with E-state index in [0.29, 0.717) is 15.6 Å². The van der Waals surface area contributed by atoms with Crippen LogP contribution in [0.1, 0.15) is 11.1 Å². The SMILES string of the molecule is CN(C)c1ccc(/C=C(\C#N)c2ccc(Cl)cc2)c(Cl)c1. The molecule has 0 atom stereocenters. The molecule has 4 heteroatoms. The van der Waals surface area contributed by atoms with Crippen molar-refractivity contribution in [3.8, 4) is 6.07 Å². The maximum Gasteiger partial charge on any atom is 0.0998 e. The van der Waals surface area contributed by atoms with Crippen LogP contribution < -0.4 is 4.90 Å². The predicted octanol–water partition coefficient (Wildman–Crippen LogP) is 5.12. The van der Waals surface area contributed by atoms with Gasteiger partial charge in [-0.15, -0.1) is 0 Å². The molecule has 2 aromatic rings. The van der Waals surface area contributed by atoms with Crippen molar-refractivity contribution in [1.82, 2.24) is 0 Å². The fourth-order valence-electron chi connectivity index (χ4n) is 1.88. The van der Waals surface area contributed by atoms with E-state index in [0.717, 1.165) is 16.8 Å². The first kappa shape index (κ1) is 15.4. The number of rotatable bonds is 3. The molecule has 0 amide bonds. The number of allylic oxidation sites excluding steroid dienone is 1. The number of benzene rings is 2. The first-order chi connectivity index (χ1) is 10.0. The summed E-state index contributed by atoms with van der Waals surface area (Å²) < 4.78 is 0. The van der Waals surface area contributed by atoms with Gasteiger partial charge in [0.15, 0.2) is 0 Å². The molecule has 106 valence electrons. The van der Waals surface area contributed by atoms with E-state index in [2.05, 4.69) is 6.07 Å². The number of hydrogen-bond donors (Lipinski definition) is 0. The van der Waals surface area contributed by atoms with Crippen LogP contribution in [0, 0.1) is 11.3 Å². The highest BCUT2D eigenvalue weighted by Gasteiger charge is 2.05. The van der Waals surface area contributed by atoms with E-state index in [9.17, 15) is 5.26 Å². The Hall–Kier alpha value is -1.95. The Morgan fingerprint density at radius 3 is 2.29 bits per heavy atom. The predicted molar refractivity (Wildman–Crippen MR) is 90.7 cm³/mol. The summed E-state index contributed by atoms with van der Waals surface area (Å²) in [5.74, 6) is 0. The highest BCUT2D eigenvalue weighted by molar-refractivity contribution is 6.32. The second-order valence-corrected chi connectivity index (χ2v) is 5.62. The van der Waals surface area contributed by atoms with Crippen molar-refractivity contribution in [2.24, 2.45) is 0 Å². The van der Waals surface area contributed by atoms with Crippen LogP contribution >= 0.6 is 23.2 Å². The van der Waals surface area contributed by atoms with Gasteiger partial charge in [0, 0.05) is 29.8 Å². The van der Waals surface area contributed by atoms with Crippen LogP contribution in [0.3, 0.4) is 0 Å². The largest absolute Gasteiger partial charge is 0.378 e. The zero-order chi connectivity index (χ0) is 15.4. The fourth-order valence-corrected chi connectivity index (χ4v) is 2.23. The third-order valence-electron chi connectivity index (χ3n) is 3.08. The number of hydrogen-bond acceptors (Lipinski definition) is 2. The van der Waals surface area contributed by atoms with Crippen LogP contribution in [-0.4, -0.2) is 14.1 Å². The van der Waals surface area contributed by atoms with Gasteiger partial charge in [-0.05, 0) is 41.5 Å². The number of halogens is 2. The molecule has 0 aliphatic heterocycles. The Morgan fingerprint density at radius 1 is 1.10 bits per heavy atom. The summed E-state index contributed by atoms with van der Waals surface area (Å²) in [7, 11) is 3.91. The lowest BCUT2D eigenvalue weighted by molar-refractivity contribution is 1.13. The summed E-state index contributed by atoms with van der Waals surface area (Å²) in [5, 5.41) is 10.6. The van der Waals surface area contributed by atoms with Gasteiger partial charge in [0.05, 0.1) is 11.6 Å². The molecule has 0 fully saturated rings. The molecular weight excluding hydrogens is 303 g/mol. The fraction of sp³-hybridized carbons (Fsp3) is 0.118. The van der Waals surface area contributed by atoms with Gasteiger partial charge < -0.3 is 4.90 Å². The highest BCUT2D eigenvalue weighted by atomic mass is 35.5. The maximum atomic E-state index is 9.34. The second-order valence-electron chi connectivity index (χ2n) is 4.78. The monoisotopic (exact) mass is 316 g/mol. The number of anilines is 1. The standard InChI is InChI=1S/C17H14Cl2N2/c1-21(2)16-8-5-13(17(19)10-16)9-14(11-20)12-3-6-15(18)7-4-12/h3-10H,1-2H3/b14-9+. The van der Waals surface area contributed by atoms with Gasteiger partial charge in [-0.25, -0.2) is 0 Å². The molecule has 2 rings (SSSR count). The quantitative estimate of drug-likeness (QED) is 0.580. The van der Waals surface area contributed by atoms with E-state index in [4.69, 9.17) is 23.2 Å². The molecule has 0 heterocycles. The van der Waals surface area contributed by atoms with Crippen LogP contribution in [0.25, 0.3) is 11.6 Å². The highest BCUT2D eigenvalue weighted by Crippen LogP contribution is 2.27. The lowest BCUT2D eigenvalue weighted by Gasteiger charge is -2.13. The molecule has 0 spiro atoms. The summed E-state index contributed by atoms with van der Waals surface area (Å²) in [4.78, 5) is 1.98. The second kappa shape index (κ2) is 6.67. The minimum Gasteiger partial charge on any atom is -0.378 e. The smallest absolute Gasteiger partial charge is 0.0998 e. The summed E-state index contributed by atoms with van der Waals surface area (Å²) in [6.07, 6.45) is 1.78. The van der Waals surface area contributed by atoms with Gasteiger partial charge in [-0.1, -0.05) is 41.4 Å². The van der Waals surface area contributed by atoms with Crippen LogP contribution in [0.4, 0.5) is 5.69 Å². The molecule has 0 bridgehead atoms. The Kier molecular flexibility index (Phi) is 4.90. The molecule has 0 radical (unpaired) electrons. The molecule has 21 heavy (non-hydrogen) atoms. The third kappa shape index (κ3) is 3.78. The number of nitriles is 1. The first-order valence-corrected chi connectivity index (χ1v) is 7.11. The average Bonchev–Trinajstić information content (AvgIpc) is 2.47. The maximum absolute atomic E-state index is 9.34.